The van der Waals surface area contributed by atoms with Crippen molar-refractivity contribution in [2.45, 2.75) is 44.9 Å². The highest BCUT2D eigenvalue weighted by Crippen LogP contribution is 2.51. The second-order valence-electron chi connectivity index (χ2n) is 7.05. The van der Waals surface area contributed by atoms with Crippen LogP contribution in [0.5, 0.6) is 5.75 Å². The number of fused-ring (bicyclic) bond motifs is 2. The molecule has 0 bridgehead atoms. The van der Waals surface area contributed by atoms with E-state index in [0.717, 1.165) is 35.4 Å². The molecule has 0 aliphatic carbocycles. The molecule has 2 aliphatic heterocycles. The first-order valence-electron chi connectivity index (χ1n) is 8.76. The van der Waals surface area contributed by atoms with Crippen LogP contribution in [0.15, 0.2) is 29.4 Å². The van der Waals surface area contributed by atoms with Crippen molar-refractivity contribution in [1.82, 2.24) is 4.31 Å². The summed E-state index contributed by atoms with van der Waals surface area (Å²) in [5.41, 5.74) is 3.48. The van der Waals surface area contributed by atoms with Crippen LogP contribution in [0.4, 0.5) is 5.69 Å². The normalized spacial score (nSPS) is 22.5. The Morgan fingerprint density at radius 2 is 2.16 bits per heavy atom. The summed E-state index contributed by atoms with van der Waals surface area (Å²) in [5, 5.41) is 0. The lowest BCUT2D eigenvalue weighted by Crippen LogP contribution is -2.43. The molecule has 0 aromatic heterocycles. The minimum atomic E-state index is -3.28. The van der Waals surface area contributed by atoms with Crippen LogP contribution in [0, 0.1) is 6.92 Å². The maximum atomic E-state index is 11.9. The Labute approximate surface area is 150 Å². The number of aryl methyl sites for hydroxylation is 1. The molecule has 1 aromatic rings. The number of nitrogens with zero attached hydrogens (tertiary/aromatic N) is 2. The third-order valence-corrected chi connectivity index (χ3v) is 6.31. The molecule has 1 aromatic carbocycles. The van der Waals surface area contributed by atoms with E-state index in [2.05, 4.69) is 18.5 Å². The molecule has 1 atom stereocenters. The number of hydrogen-bond donors (Lipinski definition) is 0. The molecule has 2 aliphatic rings. The van der Waals surface area contributed by atoms with Crippen molar-refractivity contribution in [2.75, 3.05) is 19.4 Å². The summed E-state index contributed by atoms with van der Waals surface area (Å²) in [5.74, 6) is 0.868. The summed E-state index contributed by atoms with van der Waals surface area (Å²) >= 11 is 0. The van der Waals surface area contributed by atoms with E-state index in [-0.39, 0.29) is 5.41 Å². The van der Waals surface area contributed by atoms with Gasteiger partial charge in [0.1, 0.15) is 5.75 Å². The number of ether oxygens (including phenoxy) is 1. The number of rotatable bonds is 5. The largest absolute Gasteiger partial charge is 0.493 e. The van der Waals surface area contributed by atoms with E-state index in [1.54, 1.807) is 0 Å². The first kappa shape index (κ1) is 18.0. The number of unbranched alkanes of at least 4 members (excludes halogenated alkanes) is 1. The molecule has 25 heavy (non-hydrogen) atoms. The molecule has 3 rings (SSSR count). The number of benzene rings is 1. The van der Waals surface area contributed by atoms with E-state index in [4.69, 9.17) is 4.74 Å². The predicted molar refractivity (Wildman–Crippen MR) is 101 cm³/mol. The van der Waals surface area contributed by atoms with Crippen molar-refractivity contribution in [2.24, 2.45) is 4.99 Å². The Balaban J connectivity index is 1.97. The molecule has 1 spiro atoms. The zero-order chi connectivity index (χ0) is 18.2. The van der Waals surface area contributed by atoms with E-state index in [1.165, 1.54) is 10.6 Å². The molecule has 1 saturated heterocycles. The Kier molecular flexibility index (Phi) is 4.66. The second-order valence-corrected chi connectivity index (χ2v) is 8.96. The van der Waals surface area contributed by atoms with Gasteiger partial charge in [-0.1, -0.05) is 26.0 Å². The average molecular weight is 362 g/mol. The maximum Gasteiger partial charge on any atom is 0.231 e. The average Bonchev–Trinajstić information content (AvgIpc) is 2.88. The highest BCUT2D eigenvalue weighted by Gasteiger charge is 2.45. The molecule has 0 radical (unpaired) electrons. The smallest absolute Gasteiger partial charge is 0.231 e. The van der Waals surface area contributed by atoms with Crippen LogP contribution >= 0.6 is 0 Å². The van der Waals surface area contributed by atoms with Gasteiger partial charge >= 0.3 is 0 Å². The molecular weight excluding hydrogens is 336 g/mol. The summed E-state index contributed by atoms with van der Waals surface area (Å²) in [6.45, 7) is 9.31. The lowest BCUT2D eigenvalue weighted by molar-refractivity contribution is 0.293. The molecule has 1 unspecified atom stereocenters. The van der Waals surface area contributed by atoms with E-state index < -0.39 is 10.0 Å². The SMILES string of the molecule is C=C1CC2(C=Nc3c(C)ccc(OCCCC)c32)CCN1S(C)(=O)=O. The Morgan fingerprint density at radius 1 is 1.40 bits per heavy atom. The van der Waals surface area contributed by atoms with Crippen molar-refractivity contribution >= 4 is 21.9 Å². The van der Waals surface area contributed by atoms with Crippen LogP contribution in [0.25, 0.3) is 0 Å². The highest BCUT2D eigenvalue weighted by molar-refractivity contribution is 7.88. The fourth-order valence-corrected chi connectivity index (χ4v) is 4.70. The molecule has 5 nitrogen and oxygen atoms in total. The van der Waals surface area contributed by atoms with Crippen molar-refractivity contribution in [3.05, 3.63) is 35.5 Å². The number of hydrogen-bond acceptors (Lipinski definition) is 4. The molecule has 1 fully saturated rings. The van der Waals surface area contributed by atoms with Crippen LogP contribution in [0.2, 0.25) is 0 Å². The lowest BCUT2D eigenvalue weighted by atomic mass is 9.73. The molecule has 6 heteroatoms. The summed E-state index contributed by atoms with van der Waals surface area (Å²) in [4.78, 5) is 4.67. The molecule has 0 N–H and O–H groups in total. The van der Waals surface area contributed by atoms with Crippen molar-refractivity contribution < 1.29 is 13.2 Å². The van der Waals surface area contributed by atoms with Gasteiger partial charge in [-0.25, -0.2) is 8.42 Å². The summed E-state index contributed by atoms with van der Waals surface area (Å²) in [6.07, 6.45) is 6.52. The van der Waals surface area contributed by atoms with Crippen LogP contribution in [-0.4, -0.2) is 38.3 Å². The Hall–Kier alpha value is -1.82. The zero-order valence-electron chi connectivity index (χ0n) is 15.2. The lowest BCUT2D eigenvalue weighted by Gasteiger charge is -2.40. The second kappa shape index (κ2) is 6.48. The number of aliphatic imine (C=N–C) groups is 1. The van der Waals surface area contributed by atoms with Gasteiger partial charge in [0.15, 0.2) is 0 Å². The number of sulfonamides is 1. The van der Waals surface area contributed by atoms with Gasteiger partial charge in [-0.15, -0.1) is 0 Å². The van der Waals surface area contributed by atoms with Crippen LogP contribution < -0.4 is 4.74 Å². The van der Waals surface area contributed by atoms with Gasteiger partial charge in [-0.05, 0) is 31.4 Å². The predicted octanol–water partition coefficient (Wildman–Crippen LogP) is 3.70. The summed E-state index contributed by atoms with van der Waals surface area (Å²) < 4.78 is 31.4. The fraction of sp³-hybridized carbons (Fsp3) is 0.526. The van der Waals surface area contributed by atoms with E-state index in [0.29, 0.717) is 31.7 Å². The van der Waals surface area contributed by atoms with Gasteiger partial charge in [-0.3, -0.25) is 9.30 Å². The monoisotopic (exact) mass is 362 g/mol. The quantitative estimate of drug-likeness (QED) is 0.751. The molecule has 0 saturated carbocycles. The van der Waals surface area contributed by atoms with E-state index in [1.807, 2.05) is 25.3 Å². The first-order chi connectivity index (χ1) is 11.8. The van der Waals surface area contributed by atoms with Gasteiger partial charge in [0.25, 0.3) is 0 Å². The minimum Gasteiger partial charge on any atom is -0.493 e. The van der Waals surface area contributed by atoms with Crippen LogP contribution in [-0.2, 0) is 15.4 Å². The van der Waals surface area contributed by atoms with Crippen LogP contribution in [0.3, 0.4) is 0 Å². The van der Waals surface area contributed by atoms with Gasteiger partial charge in [0, 0.05) is 35.9 Å². The number of piperidine rings is 1. The molecular formula is C19H26N2O3S. The van der Waals surface area contributed by atoms with E-state index >= 15 is 0 Å². The number of allylic oxidation sites excluding steroid dienone is 1. The maximum absolute atomic E-state index is 11.9. The minimum absolute atomic E-state index is 0.318. The summed E-state index contributed by atoms with van der Waals surface area (Å²) in [7, 11) is -3.28. The molecule has 2 heterocycles. The van der Waals surface area contributed by atoms with Gasteiger partial charge in [0.05, 0.1) is 18.6 Å². The topological polar surface area (TPSA) is 59.0 Å². The standard InChI is InChI=1S/C19H26N2O3S/c1-5-6-11-24-16-8-7-14(2)18-17(16)19(13-20-18)9-10-21(15(3)12-19)25(4,22)23/h7-8,13H,3,5-6,9-12H2,1-2,4H3. The van der Waals surface area contributed by atoms with Crippen molar-refractivity contribution in [3.8, 4) is 5.75 Å². The van der Waals surface area contributed by atoms with Crippen molar-refractivity contribution in [1.29, 1.82) is 0 Å². The van der Waals surface area contributed by atoms with Crippen molar-refractivity contribution in [3.63, 3.8) is 0 Å². The van der Waals surface area contributed by atoms with E-state index in [9.17, 15) is 8.42 Å². The third kappa shape index (κ3) is 3.19. The zero-order valence-corrected chi connectivity index (χ0v) is 16.0. The van der Waals surface area contributed by atoms with Gasteiger partial charge < -0.3 is 4.74 Å². The Morgan fingerprint density at radius 3 is 2.80 bits per heavy atom. The van der Waals surface area contributed by atoms with Gasteiger partial charge in [0.2, 0.25) is 10.0 Å². The van der Waals surface area contributed by atoms with Gasteiger partial charge in [-0.2, -0.15) is 0 Å². The fourth-order valence-electron chi connectivity index (χ4n) is 3.75. The first-order valence-corrected chi connectivity index (χ1v) is 10.6. The van der Waals surface area contributed by atoms with Crippen LogP contribution in [0.1, 0.15) is 43.7 Å². The third-order valence-electron chi connectivity index (χ3n) is 5.07. The molecule has 136 valence electrons. The molecule has 0 amide bonds. The summed E-state index contributed by atoms with van der Waals surface area (Å²) in [6, 6.07) is 4.06. The highest BCUT2D eigenvalue weighted by atomic mass is 32.2. The Bertz CT molecular complexity index is 829.